The molecule has 0 heterocycles. The Morgan fingerprint density at radius 3 is 2.46 bits per heavy atom. The molecule has 1 unspecified atom stereocenters. The summed E-state index contributed by atoms with van der Waals surface area (Å²) in [7, 11) is -2.91. The standard InChI is InChI=1S/C9H17NO2S/c1-4-6-7-9(10-5-2)8-13(3,11)12/h9-10H,5,7-8H2,1-3H3. The summed E-state index contributed by atoms with van der Waals surface area (Å²) in [6.45, 7) is 4.48. The minimum Gasteiger partial charge on any atom is -0.312 e. The van der Waals surface area contributed by atoms with E-state index in [0.717, 1.165) is 6.54 Å². The van der Waals surface area contributed by atoms with Crippen LogP contribution in [0.5, 0.6) is 0 Å². The van der Waals surface area contributed by atoms with Gasteiger partial charge in [-0.1, -0.05) is 6.92 Å². The van der Waals surface area contributed by atoms with E-state index in [9.17, 15) is 8.42 Å². The third-order valence-corrected chi connectivity index (χ3v) is 2.53. The van der Waals surface area contributed by atoms with Gasteiger partial charge in [-0.15, -0.1) is 11.8 Å². The van der Waals surface area contributed by atoms with E-state index < -0.39 is 9.84 Å². The summed E-state index contributed by atoms with van der Waals surface area (Å²) in [5, 5.41) is 3.09. The molecule has 76 valence electrons. The van der Waals surface area contributed by atoms with Gasteiger partial charge in [0.15, 0.2) is 0 Å². The molecule has 0 radical (unpaired) electrons. The lowest BCUT2D eigenvalue weighted by atomic mass is 10.2. The summed E-state index contributed by atoms with van der Waals surface area (Å²) in [6, 6.07) is -0.0348. The first-order valence-electron chi connectivity index (χ1n) is 4.30. The Morgan fingerprint density at radius 1 is 1.46 bits per heavy atom. The Morgan fingerprint density at radius 2 is 2.08 bits per heavy atom. The molecule has 0 saturated heterocycles. The molecule has 0 rings (SSSR count). The highest BCUT2D eigenvalue weighted by Gasteiger charge is 2.12. The lowest BCUT2D eigenvalue weighted by Gasteiger charge is -2.13. The van der Waals surface area contributed by atoms with Crippen molar-refractivity contribution in [1.29, 1.82) is 0 Å². The van der Waals surface area contributed by atoms with Crippen molar-refractivity contribution in [1.82, 2.24) is 5.32 Å². The topological polar surface area (TPSA) is 46.2 Å². The van der Waals surface area contributed by atoms with Crippen LogP contribution >= 0.6 is 0 Å². The minimum atomic E-state index is -2.91. The van der Waals surface area contributed by atoms with Crippen molar-refractivity contribution < 1.29 is 8.42 Å². The first-order valence-corrected chi connectivity index (χ1v) is 6.36. The maximum Gasteiger partial charge on any atom is 0.149 e. The van der Waals surface area contributed by atoms with E-state index in [4.69, 9.17) is 0 Å². The maximum atomic E-state index is 11.0. The van der Waals surface area contributed by atoms with E-state index >= 15 is 0 Å². The average molecular weight is 203 g/mol. The normalized spacial score (nSPS) is 13.2. The highest BCUT2D eigenvalue weighted by molar-refractivity contribution is 7.90. The Balaban J connectivity index is 4.14. The Bertz CT molecular complexity index is 284. The van der Waals surface area contributed by atoms with Gasteiger partial charge in [0.2, 0.25) is 0 Å². The Hall–Kier alpha value is -0.530. The monoisotopic (exact) mass is 203 g/mol. The van der Waals surface area contributed by atoms with Crippen molar-refractivity contribution >= 4 is 9.84 Å². The lowest BCUT2D eigenvalue weighted by Crippen LogP contribution is -2.34. The third kappa shape index (κ3) is 7.82. The summed E-state index contributed by atoms with van der Waals surface area (Å²) in [6.07, 6.45) is 1.84. The fraction of sp³-hybridized carbons (Fsp3) is 0.778. The molecule has 0 aromatic rings. The van der Waals surface area contributed by atoms with Crippen molar-refractivity contribution in [3.63, 3.8) is 0 Å². The fourth-order valence-electron chi connectivity index (χ4n) is 1.07. The van der Waals surface area contributed by atoms with Crippen molar-refractivity contribution in [2.45, 2.75) is 26.3 Å². The van der Waals surface area contributed by atoms with Crippen molar-refractivity contribution in [2.24, 2.45) is 0 Å². The van der Waals surface area contributed by atoms with E-state index in [1.54, 1.807) is 6.92 Å². The van der Waals surface area contributed by atoms with E-state index in [0.29, 0.717) is 6.42 Å². The van der Waals surface area contributed by atoms with Crippen LogP contribution in [0, 0.1) is 11.8 Å². The van der Waals surface area contributed by atoms with Crippen molar-refractivity contribution in [3.8, 4) is 11.8 Å². The van der Waals surface area contributed by atoms with Crippen molar-refractivity contribution in [2.75, 3.05) is 18.6 Å². The quantitative estimate of drug-likeness (QED) is 0.659. The SMILES string of the molecule is CC#CCC(CS(C)(=O)=O)NCC. The molecular formula is C9H17NO2S. The summed E-state index contributed by atoms with van der Waals surface area (Å²) >= 11 is 0. The average Bonchev–Trinajstić information content (AvgIpc) is 1.98. The van der Waals surface area contributed by atoms with Crippen LogP contribution in [0.1, 0.15) is 20.3 Å². The van der Waals surface area contributed by atoms with Crippen LogP contribution in [0.3, 0.4) is 0 Å². The molecule has 0 aliphatic rings. The highest BCUT2D eigenvalue weighted by Crippen LogP contribution is 1.95. The number of rotatable bonds is 5. The molecule has 0 fully saturated rings. The van der Waals surface area contributed by atoms with E-state index in [1.165, 1.54) is 6.26 Å². The predicted octanol–water partition coefficient (Wildman–Crippen LogP) is 0.422. The summed E-state index contributed by atoms with van der Waals surface area (Å²) in [5.41, 5.74) is 0. The zero-order chi connectivity index (χ0) is 10.3. The van der Waals surface area contributed by atoms with Crippen LogP contribution < -0.4 is 5.32 Å². The smallest absolute Gasteiger partial charge is 0.149 e. The molecule has 0 spiro atoms. The third-order valence-electron chi connectivity index (χ3n) is 1.52. The fourth-order valence-corrected chi connectivity index (χ4v) is 2.04. The van der Waals surface area contributed by atoms with Gasteiger partial charge in [0.05, 0.1) is 5.75 Å². The van der Waals surface area contributed by atoms with Gasteiger partial charge in [-0.3, -0.25) is 0 Å². The molecule has 0 amide bonds. The van der Waals surface area contributed by atoms with Crippen LogP contribution in [0.15, 0.2) is 0 Å². The molecule has 4 heteroatoms. The van der Waals surface area contributed by atoms with Gasteiger partial charge >= 0.3 is 0 Å². The second-order valence-electron chi connectivity index (χ2n) is 2.98. The van der Waals surface area contributed by atoms with Gasteiger partial charge in [-0.05, 0) is 13.5 Å². The molecule has 0 aromatic heterocycles. The molecular weight excluding hydrogens is 186 g/mol. The molecule has 1 atom stereocenters. The van der Waals surface area contributed by atoms with Crippen molar-refractivity contribution in [3.05, 3.63) is 0 Å². The Kier molecular flexibility index (Phi) is 5.76. The first-order chi connectivity index (χ1) is 5.99. The summed E-state index contributed by atoms with van der Waals surface area (Å²) in [5.74, 6) is 5.80. The number of nitrogens with one attached hydrogen (secondary N) is 1. The maximum absolute atomic E-state index is 11.0. The van der Waals surface area contributed by atoms with Gasteiger partial charge in [0.25, 0.3) is 0 Å². The van der Waals surface area contributed by atoms with Crippen LogP contribution in [0.25, 0.3) is 0 Å². The molecule has 0 aromatic carbocycles. The zero-order valence-electron chi connectivity index (χ0n) is 8.42. The van der Waals surface area contributed by atoms with Crippen LogP contribution in [-0.2, 0) is 9.84 Å². The van der Waals surface area contributed by atoms with E-state index in [2.05, 4.69) is 17.2 Å². The van der Waals surface area contributed by atoms with Gasteiger partial charge in [0, 0.05) is 18.7 Å². The molecule has 0 saturated carbocycles. The van der Waals surface area contributed by atoms with E-state index in [-0.39, 0.29) is 11.8 Å². The largest absolute Gasteiger partial charge is 0.312 e. The summed E-state index contributed by atoms with van der Waals surface area (Å²) < 4.78 is 22.0. The second kappa shape index (κ2) is 6.01. The van der Waals surface area contributed by atoms with Crippen LogP contribution in [-0.4, -0.2) is 33.0 Å². The van der Waals surface area contributed by atoms with Crippen LogP contribution in [0.4, 0.5) is 0 Å². The predicted molar refractivity (Wildman–Crippen MR) is 55.2 cm³/mol. The lowest BCUT2D eigenvalue weighted by molar-refractivity contribution is 0.554. The molecule has 13 heavy (non-hydrogen) atoms. The van der Waals surface area contributed by atoms with Gasteiger partial charge in [-0.25, -0.2) is 8.42 Å². The van der Waals surface area contributed by atoms with E-state index in [1.807, 2.05) is 6.92 Å². The number of sulfone groups is 1. The van der Waals surface area contributed by atoms with Gasteiger partial charge < -0.3 is 5.32 Å². The molecule has 0 aliphatic carbocycles. The molecule has 1 N–H and O–H groups in total. The van der Waals surface area contributed by atoms with Crippen LogP contribution in [0.2, 0.25) is 0 Å². The number of hydrogen-bond donors (Lipinski definition) is 1. The number of hydrogen-bond acceptors (Lipinski definition) is 3. The zero-order valence-corrected chi connectivity index (χ0v) is 9.24. The van der Waals surface area contributed by atoms with Gasteiger partial charge in [-0.2, -0.15) is 0 Å². The Labute approximate surface area is 80.8 Å². The summed E-state index contributed by atoms with van der Waals surface area (Å²) in [4.78, 5) is 0. The molecule has 3 nitrogen and oxygen atoms in total. The molecule has 0 bridgehead atoms. The minimum absolute atomic E-state index is 0.0348. The first kappa shape index (κ1) is 12.5. The second-order valence-corrected chi connectivity index (χ2v) is 5.16. The highest BCUT2D eigenvalue weighted by atomic mass is 32.2. The molecule has 0 aliphatic heterocycles. The van der Waals surface area contributed by atoms with Gasteiger partial charge in [0.1, 0.15) is 9.84 Å².